The van der Waals surface area contributed by atoms with E-state index in [-0.39, 0.29) is 5.75 Å². The number of esters is 1. The van der Waals surface area contributed by atoms with E-state index < -0.39 is 11.9 Å². The van der Waals surface area contributed by atoms with Gasteiger partial charge in [-0.1, -0.05) is 70.0 Å². The highest BCUT2D eigenvalue weighted by Crippen LogP contribution is 2.35. The molecule has 39 heavy (non-hydrogen) atoms. The fraction of sp³-hybridized carbons (Fsp3) is 0.0333. The summed E-state index contributed by atoms with van der Waals surface area (Å²) < 4.78 is 11.8. The number of aromatic amines is 1. The molecule has 5 aromatic rings. The fourth-order valence-electron chi connectivity index (χ4n) is 4.07. The van der Waals surface area contributed by atoms with Crippen molar-refractivity contribution in [2.45, 2.75) is 0 Å². The van der Waals surface area contributed by atoms with Crippen LogP contribution < -0.4 is 14.9 Å². The van der Waals surface area contributed by atoms with Gasteiger partial charge in [0.2, 0.25) is 0 Å². The Morgan fingerprint density at radius 2 is 1.72 bits per heavy atom. The smallest absolute Gasteiger partial charge is 0.343 e. The Labute approximate surface area is 237 Å². The molecule has 2 N–H and O–H groups in total. The van der Waals surface area contributed by atoms with Crippen molar-refractivity contribution in [2.75, 3.05) is 7.11 Å². The maximum absolute atomic E-state index is 13.2. The SMILES string of the molecule is COc1cc(C=NNC(=O)c2[nH]c3c(Cl)cccc3c2-c2ccccc2)ccc1OC(=O)c1ccc(Br)cc1. The topological polar surface area (TPSA) is 92.8 Å². The first-order chi connectivity index (χ1) is 18.9. The summed E-state index contributed by atoms with van der Waals surface area (Å²) in [5, 5.41) is 5.47. The molecule has 0 aliphatic heterocycles. The molecule has 0 saturated carbocycles. The van der Waals surface area contributed by atoms with Crippen LogP contribution in [0.2, 0.25) is 5.02 Å². The quantitative estimate of drug-likeness (QED) is 0.0889. The van der Waals surface area contributed by atoms with E-state index in [1.807, 2.05) is 42.5 Å². The van der Waals surface area contributed by atoms with Crippen LogP contribution in [0, 0.1) is 0 Å². The van der Waals surface area contributed by atoms with Gasteiger partial charge in [-0.05, 0) is 59.7 Å². The average molecular weight is 603 g/mol. The minimum absolute atomic E-state index is 0.258. The van der Waals surface area contributed by atoms with Crippen LogP contribution in [-0.4, -0.2) is 30.2 Å². The second kappa shape index (κ2) is 11.6. The molecular weight excluding hydrogens is 582 g/mol. The molecular formula is C30H21BrClN3O4. The molecule has 0 spiro atoms. The van der Waals surface area contributed by atoms with Gasteiger partial charge in [-0.3, -0.25) is 4.79 Å². The lowest BCUT2D eigenvalue weighted by atomic mass is 10.0. The zero-order valence-electron chi connectivity index (χ0n) is 20.6. The number of hydrogen-bond acceptors (Lipinski definition) is 5. The molecule has 4 aromatic carbocycles. The number of methoxy groups -OCH3 is 1. The molecule has 5 rings (SSSR count). The number of ether oxygens (including phenoxy) is 2. The van der Waals surface area contributed by atoms with Crippen molar-refractivity contribution < 1.29 is 19.1 Å². The summed E-state index contributed by atoms with van der Waals surface area (Å²) in [6.45, 7) is 0. The third kappa shape index (κ3) is 5.72. The molecule has 0 fully saturated rings. The lowest BCUT2D eigenvalue weighted by molar-refractivity contribution is 0.0729. The van der Waals surface area contributed by atoms with Crippen molar-refractivity contribution in [3.8, 4) is 22.6 Å². The third-order valence-corrected chi connectivity index (χ3v) is 6.77. The van der Waals surface area contributed by atoms with Gasteiger partial charge in [0, 0.05) is 15.4 Å². The lowest BCUT2D eigenvalue weighted by Gasteiger charge is -2.10. The second-order valence-corrected chi connectivity index (χ2v) is 9.73. The summed E-state index contributed by atoms with van der Waals surface area (Å²) in [6.07, 6.45) is 1.47. The molecule has 1 amide bonds. The highest BCUT2D eigenvalue weighted by atomic mass is 79.9. The van der Waals surface area contributed by atoms with E-state index in [0.29, 0.717) is 33.1 Å². The number of rotatable bonds is 7. The Kier molecular flexibility index (Phi) is 7.76. The molecule has 194 valence electrons. The number of aromatic nitrogens is 1. The summed E-state index contributed by atoms with van der Waals surface area (Å²) in [7, 11) is 1.47. The minimum atomic E-state index is -0.512. The predicted octanol–water partition coefficient (Wildman–Crippen LogP) is 7.24. The molecule has 1 aromatic heterocycles. The average Bonchev–Trinajstić information content (AvgIpc) is 3.35. The molecule has 0 aliphatic rings. The number of para-hydroxylation sites is 1. The number of carbonyl (C=O) groups is 2. The largest absolute Gasteiger partial charge is 0.493 e. The number of benzene rings is 4. The van der Waals surface area contributed by atoms with Crippen LogP contribution in [0.25, 0.3) is 22.0 Å². The van der Waals surface area contributed by atoms with Crippen molar-refractivity contribution in [3.05, 3.63) is 117 Å². The summed E-state index contributed by atoms with van der Waals surface area (Å²) in [6, 6.07) is 26.9. The van der Waals surface area contributed by atoms with Crippen molar-refractivity contribution >= 4 is 56.5 Å². The van der Waals surface area contributed by atoms with Crippen LogP contribution in [0.4, 0.5) is 0 Å². The number of halogens is 2. The predicted molar refractivity (Wildman–Crippen MR) is 156 cm³/mol. The molecule has 0 aliphatic carbocycles. The highest BCUT2D eigenvalue weighted by molar-refractivity contribution is 9.10. The number of nitrogens with zero attached hydrogens (tertiary/aromatic N) is 1. The number of hydrogen-bond donors (Lipinski definition) is 2. The van der Waals surface area contributed by atoms with Gasteiger partial charge in [0.15, 0.2) is 11.5 Å². The van der Waals surface area contributed by atoms with E-state index in [1.54, 1.807) is 48.5 Å². The first-order valence-electron chi connectivity index (χ1n) is 11.8. The van der Waals surface area contributed by atoms with Crippen LogP contribution in [0.1, 0.15) is 26.4 Å². The number of amides is 1. The molecule has 0 bridgehead atoms. The van der Waals surface area contributed by atoms with Gasteiger partial charge >= 0.3 is 5.97 Å². The van der Waals surface area contributed by atoms with Gasteiger partial charge in [0.25, 0.3) is 5.91 Å². The fourth-order valence-corrected chi connectivity index (χ4v) is 4.56. The van der Waals surface area contributed by atoms with Gasteiger partial charge < -0.3 is 14.5 Å². The normalized spacial score (nSPS) is 11.1. The molecule has 9 heteroatoms. The summed E-state index contributed by atoms with van der Waals surface area (Å²) in [5.41, 5.74) is 6.22. The Morgan fingerprint density at radius 1 is 0.949 bits per heavy atom. The molecule has 0 atom stereocenters. The lowest BCUT2D eigenvalue weighted by Crippen LogP contribution is -2.18. The summed E-state index contributed by atoms with van der Waals surface area (Å²) in [4.78, 5) is 28.8. The van der Waals surface area contributed by atoms with Crippen LogP contribution in [0.5, 0.6) is 11.5 Å². The van der Waals surface area contributed by atoms with E-state index in [0.717, 1.165) is 21.0 Å². The van der Waals surface area contributed by atoms with E-state index in [9.17, 15) is 9.59 Å². The highest BCUT2D eigenvalue weighted by Gasteiger charge is 2.20. The van der Waals surface area contributed by atoms with E-state index in [4.69, 9.17) is 21.1 Å². The molecule has 7 nitrogen and oxygen atoms in total. The number of carbonyl (C=O) groups excluding carboxylic acids is 2. The summed E-state index contributed by atoms with van der Waals surface area (Å²) >= 11 is 9.74. The van der Waals surface area contributed by atoms with E-state index in [1.165, 1.54) is 13.3 Å². The van der Waals surface area contributed by atoms with Crippen molar-refractivity contribution in [1.29, 1.82) is 0 Å². The number of hydrazone groups is 1. The monoisotopic (exact) mass is 601 g/mol. The first-order valence-corrected chi connectivity index (χ1v) is 13.0. The zero-order valence-corrected chi connectivity index (χ0v) is 22.9. The Bertz CT molecular complexity index is 1700. The second-order valence-electron chi connectivity index (χ2n) is 8.41. The maximum Gasteiger partial charge on any atom is 0.343 e. The van der Waals surface area contributed by atoms with Crippen LogP contribution in [0.15, 0.2) is 101 Å². The van der Waals surface area contributed by atoms with Crippen LogP contribution in [-0.2, 0) is 0 Å². The van der Waals surface area contributed by atoms with Gasteiger partial charge in [0.1, 0.15) is 5.69 Å². The molecule has 0 unspecified atom stereocenters. The van der Waals surface area contributed by atoms with E-state index in [2.05, 4.69) is 31.4 Å². The Balaban J connectivity index is 1.35. The van der Waals surface area contributed by atoms with Crippen molar-refractivity contribution in [2.24, 2.45) is 5.10 Å². The van der Waals surface area contributed by atoms with Crippen LogP contribution >= 0.6 is 27.5 Å². The molecule has 0 saturated heterocycles. The van der Waals surface area contributed by atoms with E-state index >= 15 is 0 Å². The van der Waals surface area contributed by atoms with Gasteiger partial charge in [-0.2, -0.15) is 5.10 Å². The standard InChI is InChI=1S/C30H21BrClN3O4/c1-38-25-16-18(10-15-24(25)39-30(37)20-11-13-21(31)14-12-20)17-33-35-29(36)28-26(19-6-3-2-4-7-19)22-8-5-9-23(32)27(22)34-28/h2-17,34H,1H3,(H,35,36). The first kappa shape index (κ1) is 26.2. The number of H-pyrrole nitrogens is 1. The summed E-state index contributed by atoms with van der Waals surface area (Å²) in [5.74, 6) is -0.340. The minimum Gasteiger partial charge on any atom is -0.493 e. The van der Waals surface area contributed by atoms with Gasteiger partial charge in [-0.25, -0.2) is 10.2 Å². The maximum atomic E-state index is 13.2. The zero-order chi connectivity index (χ0) is 27.4. The Morgan fingerprint density at radius 3 is 2.46 bits per heavy atom. The van der Waals surface area contributed by atoms with Crippen LogP contribution in [0.3, 0.4) is 0 Å². The number of nitrogens with one attached hydrogen (secondary N) is 2. The molecule has 1 heterocycles. The Hall–Kier alpha value is -4.40. The molecule has 0 radical (unpaired) electrons. The van der Waals surface area contributed by atoms with Crippen molar-refractivity contribution in [3.63, 3.8) is 0 Å². The third-order valence-electron chi connectivity index (χ3n) is 5.92. The van der Waals surface area contributed by atoms with Gasteiger partial charge in [-0.15, -0.1) is 0 Å². The van der Waals surface area contributed by atoms with Crippen molar-refractivity contribution in [1.82, 2.24) is 10.4 Å². The number of fused-ring (bicyclic) bond motifs is 1. The van der Waals surface area contributed by atoms with Gasteiger partial charge in [0.05, 0.1) is 29.4 Å².